The minimum absolute atomic E-state index is 0.108. The molecule has 22 heavy (non-hydrogen) atoms. The summed E-state index contributed by atoms with van der Waals surface area (Å²) in [5, 5.41) is 12.3. The number of pyridine rings is 1. The van der Waals surface area contributed by atoms with E-state index >= 15 is 0 Å². The fourth-order valence-corrected chi connectivity index (χ4v) is 2.48. The number of aliphatic hydroxyl groups excluding tert-OH is 1. The molecule has 0 saturated carbocycles. The molecule has 6 heteroatoms. The number of hydrogen-bond acceptors (Lipinski definition) is 5. The van der Waals surface area contributed by atoms with E-state index < -0.39 is 0 Å². The average molecular weight is 297 g/mol. The Balaban J connectivity index is 2.22. The molecule has 2 aromatic heterocycles. The highest BCUT2D eigenvalue weighted by molar-refractivity contribution is 5.75. The Morgan fingerprint density at radius 3 is 2.77 bits per heavy atom. The van der Waals surface area contributed by atoms with Crippen molar-refractivity contribution in [3.8, 4) is 17.0 Å². The predicted octanol–water partition coefficient (Wildman–Crippen LogP) is 3.21. The number of ether oxygens (including phenoxy) is 1. The molecule has 1 N–H and O–H groups in total. The quantitative estimate of drug-likeness (QED) is 0.750. The lowest BCUT2D eigenvalue weighted by Crippen LogP contribution is -1.89. The Morgan fingerprint density at radius 1 is 1.32 bits per heavy atom. The Kier molecular flexibility index (Phi) is 3.60. The maximum Gasteiger partial charge on any atom is 0.209 e. The molecule has 0 atom stereocenters. The standard InChI is InChI=1S/C16H15N3O3/c1-10-7-12(4-5-13(10)22-2)15-16(18-21)19-8-11(9-20)3-6-14(19)17-15/h3-8,20H,9H2,1-2H3. The molecule has 6 nitrogen and oxygen atoms in total. The number of imidazole rings is 1. The minimum atomic E-state index is -0.108. The van der Waals surface area contributed by atoms with Crippen molar-refractivity contribution in [2.75, 3.05) is 7.11 Å². The summed E-state index contributed by atoms with van der Waals surface area (Å²) in [6, 6.07) is 9.10. The fraction of sp³-hybridized carbons (Fsp3) is 0.188. The molecule has 1 aromatic carbocycles. The summed E-state index contributed by atoms with van der Waals surface area (Å²) in [6.45, 7) is 1.82. The number of rotatable bonds is 4. The van der Waals surface area contributed by atoms with Crippen molar-refractivity contribution in [1.82, 2.24) is 9.38 Å². The van der Waals surface area contributed by atoms with Crippen LogP contribution in [0.1, 0.15) is 11.1 Å². The number of hydrogen-bond donors (Lipinski definition) is 1. The van der Waals surface area contributed by atoms with Crippen LogP contribution in [0.25, 0.3) is 16.9 Å². The highest BCUT2D eigenvalue weighted by Gasteiger charge is 2.16. The van der Waals surface area contributed by atoms with Gasteiger partial charge in [0, 0.05) is 11.8 Å². The summed E-state index contributed by atoms with van der Waals surface area (Å²) >= 11 is 0. The number of nitrogens with zero attached hydrogens (tertiary/aromatic N) is 3. The monoisotopic (exact) mass is 297 g/mol. The van der Waals surface area contributed by atoms with E-state index in [9.17, 15) is 10.0 Å². The van der Waals surface area contributed by atoms with Crippen molar-refractivity contribution in [2.45, 2.75) is 13.5 Å². The lowest BCUT2D eigenvalue weighted by molar-refractivity contribution is 0.281. The molecule has 3 rings (SSSR count). The van der Waals surface area contributed by atoms with Gasteiger partial charge in [0.05, 0.1) is 13.7 Å². The number of aliphatic hydroxyl groups is 1. The summed E-state index contributed by atoms with van der Waals surface area (Å²) < 4.78 is 6.83. The molecule has 0 aliphatic rings. The van der Waals surface area contributed by atoms with Crippen LogP contribution < -0.4 is 4.74 Å². The summed E-state index contributed by atoms with van der Waals surface area (Å²) in [4.78, 5) is 15.8. The molecule has 0 fully saturated rings. The molecule has 112 valence electrons. The van der Waals surface area contributed by atoms with Crippen LogP contribution in [-0.4, -0.2) is 21.6 Å². The van der Waals surface area contributed by atoms with E-state index in [0.717, 1.165) is 16.9 Å². The molecule has 0 radical (unpaired) electrons. The van der Waals surface area contributed by atoms with Crippen LogP contribution >= 0.6 is 0 Å². The lowest BCUT2D eigenvalue weighted by Gasteiger charge is -2.06. The Morgan fingerprint density at radius 2 is 2.14 bits per heavy atom. The van der Waals surface area contributed by atoms with E-state index in [0.29, 0.717) is 16.9 Å². The fourth-order valence-electron chi connectivity index (χ4n) is 2.48. The van der Waals surface area contributed by atoms with Gasteiger partial charge in [0.2, 0.25) is 5.82 Å². The number of aryl methyl sites for hydroxylation is 1. The Labute approximate surface area is 127 Å². The van der Waals surface area contributed by atoms with Crippen molar-refractivity contribution in [1.29, 1.82) is 0 Å². The molecular formula is C16H15N3O3. The van der Waals surface area contributed by atoms with Crippen molar-refractivity contribution in [2.24, 2.45) is 5.18 Å². The van der Waals surface area contributed by atoms with Gasteiger partial charge in [-0.2, -0.15) is 0 Å². The van der Waals surface area contributed by atoms with E-state index in [1.54, 1.807) is 29.8 Å². The minimum Gasteiger partial charge on any atom is -0.496 e. The maximum atomic E-state index is 11.3. The third-order valence-corrected chi connectivity index (χ3v) is 3.59. The van der Waals surface area contributed by atoms with Gasteiger partial charge in [-0.1, -0.05) is 6.07 Å². The predicted molar refractivity (Wildman–Crippen MR) is 83.3 cm³/mol. The van der Waals surface area contributed by atoms with Crippen LogP contribution in [0.5, 0.6) is 5.75 Å². The van der Waals surface area contributed by atoms with Gasteiger partial charge in [0.25, 0.3) is 0 Å². The number of benzene rings is 1. The lowest BCUT2D eigenvalue weighted by atomic mass is 10.1. The van der Waals surface area contributed by atoms with Crippen LogP contribution in [0.2, 0.25) is 0 Å². The Bertz CT molecular complexity index is 855. The van der Waals surface area contributed by atoms with Crippen LogP contribution in [0.15, 0.2) is 41.7 Å². The smallest absolute Gasteiger partial charge is 0.209 e. The van der Waals surface area contributed by atoms with Gasteiger partial charge in [0.1, 0.15) is 17.1 Å². The molecule has 0 saturated heterocycles. The van der Waals surface area contributed by atoms with Crippen LogP contribution in [0, 0.1) is 11.8 Å². The average Bonchev–Trinajstić information content (AvgIpc) is 2.92. The second-order valence-corrected chi connectivity index (χ2v) is 4.98. The van der Waals surface area contributed by atoms with E-state index in [1.165, 1.54) is 0 Å². The second kappa shape index (κ2) is 5.57. The molecule has 0 bridgehead atoms. The highest BCUT2D eigenvalue weighted by Crippen LogP contribution is 2.33. The summed E-state index contributed by atoms with van der Waals surface area (Å²) in [5.41, 5.74) is 3.55. The highest BCUT2D eigenvalue weighted by atomic mass is 16.5. The van der Waals surface area contributed by atoms with E-state index in [4.69, 9.17) is 4.74 Å². The van der Waals surface area contributed by atoms with Crippen molar-refractivity contribution in [3.05, 3.63) is 52.6 Å². The maximum absolute atomic E-state index is 11.3. The summed E-state index contributed by atoms with van der Waals surface area (Å²) in [6.07, 6.45) is 1.67. The van der Waals surface area contributed by atoms with Crippen molar-refractivity contribution < 1.29 is 9.84 Å². The zero-order chi connectivity index (χ0) is 15.7. The SMILES string of the molecule is COc1ccc(-c2nc3ccc(CO)cn3c2N=O)cc1C. The zero-order valence-corrected chi connectivity index (χ0v) is 12.3. The first kappa shape index (κ1) is 14.2. The molecule has 0 amide bonds. The first-order chi connectivity index (χ1) is 10.7. The van der Waals surface area contributed by atoms with Gasteiger partial charge in [-0.05, 0) is 47.5 Å². The van der Waals surface area contributed by atoms with E-state index in [-0.39, 0.29) is 12.4 Å². The van der Waals surface area contributed by atoms with E-state index in [1.807, 2.05) is 25.1 Å². The molecule has 0 spiro atoms. The number of fused-ring (bicyclic) bond motifs is 1. The zero-order valence-electron chi connectivity index (χ0n) is 12.3. The molecule has 0 aliphatic carbocycles. The normalized spacial score (nSPS) is 10.9. The van der Waals surface area contributed by atoms with Gasteiger partial charge in [-0.25, -0.2) is 4.98 Å². The molecule has 2 heterocycles. The summed E-state index contributed by atoms with van der Waals surface area (Å²) in [5.74, 6) is 0.991. The number of nitroso groups, excluding NO2 is 1. The van der Waals surface area contributed by atoms with E-state index in [2.05, 4.69) is 10.2 Å². The number of methoxy groups -OCH3 is 1. The van der Waals surface area contributed by atoms with Gasteiger partial charge in [0.15, 0.2) is 0 Å². The molecular weight excluding hydrogens is 282 g/mol. The summed E-state index contributed by atoms with van der Waals surface area (Å²) in [7, 11) is 1.61. The first-order valence-electron chi connectivity index (χ1n) is 6.78. The molecule has 0 aliphatic heterocycles. The van der Waals surface area contributed by atoms with Crippen molar-refractivity contribution in [3.63, 3.8) is 0 Å². The largest absolute Gasteiger partial charge is 0.496 e. The third-order valence-electron chi connectivity index (χ3n) is 3.59. The third kappa shape index (κ3) is 2.23. The molecule has 3 aromatic rings. The van der Waals surface area contributed by atoms with Crippen LogP contribution in [0.4, 0.5) is 5.82 Å². The second-order valence-electron chi connectivity index (χ2n) is 4.98. The van der Waals surface area contributed by atoms with Gasteiger partial charge in [-0.3, -0.25) is 4.40 Å². The van der Waals surface area contributed by atoms with Gasteiger partial charge in [-0.15, -0.1) is 4.91 Å². The first-order valence-corrected chi connectivity index (χ1v) is 6.78. The number of aromatic nitrogens is 2. The van der Waals surface area contributed by atoms with Gasteiger partial charge < -0.3 is 9.84 Å². The van der Waals surface area contributed by atoms with Gasteiger partial charge >= 0.3 is 0 Å². The topological polar surface area (TPSA) is 76.2 Å². The van der Waals surface area contributed by atoms with Crippen LogP contribution in [-0.2, 0) is 6.61 Å². The Hall–Kier alpha value is -2.73. The van der Waals surface area contributed by atoms with Crippen LogP contribution in [0.3, 0.4) is 0 Å². The molecule has 0 unspecified atom stereocenters. The van der Waals surface area contributed by atoms with Crippen molar-refractivity contribution >= 4 is 11.5 Å².